The summed E-state index contributed by atoms with van der Waals surface area (Å²) < 4.78 is 3.37. The maximum atomic E-state index is 12.6. The van der Waals surface area contributed by atoms with Crippen LogP contribution in [0.2, 0.25) is 0 Å². The van der Waals surface area contributed by atoms with E-state index in [1.54, 1.807) is 23.9 Å². The van der Waals surface area contributed by atoms with Crippen molar-refractivity contribution in [3.63, 3.8) is 0 Å². The Morgan fingerprint density at radius 1 is 1.43 bits per heavy atom. The molecule has 0 bridgehead atoms. The Balaban J connectivity index is 2.02. The Kier molecular flexibility index (Phi) is 4.07. The molecule has 3 heterocycles. The van der Waals surface area contributed by atoms with Crippen LogP contribution in [0.1, 0.15) is 28.1 Å². The average molecular weight is 396 g/mol. The van der Waals surface area contributed by atoms with Crippen molar-refractivity contribution in [2.24, 2.45) is 0 Å². The van der Waals surface area contributed by atoms with E-state index in [-0.39, 0.29) is 11.3 Å². The summed E-state index contributed by atoms with van der Waals surface area (Å²) in [4.78, 5) is 31.0. The highest BCUT2D eigenvalue weighted by molar-refractivity contribution is 9.10. The Bertz CT molecular complexity index is 972. The molecule has 3 aromatic heterocycles. The highest BCUT2D eigenvalue weighted by Crippen LogP contribution is 2.20. The first kappa shape index (κ1) is 15.9. The van der Waals surface area contributed by atoms with E-state index in [0.717, 1.165) is 9.55 Å². The summed E-state index contributed by atoms with van der Waals surface area (Å²) in [5, 5.41) is 4.67. The molecule has 9 heteroatoms. The van der Waals surface area contributed by atoms with Gasteiger partial charge in [0.25, 0.3) is 11.5 Å². The second-order valence-electron chi connectivity index (χ2n) is 5.00. The molecule has 0 aliphatic heterocycles. The fourth-order valence-electron chi connectivity index (χ4n) is 2.20. The third kappa shape index (κ3) is 2.81. The molecule has 23 heavy (non-hydrogen) atoms. The van der Waals surface area contributed by atoms with Crippen molar-refractivity contribution in [2.45, 2.75) is 27.3 Å². The summed E-state index contributed by atoms with van der Waals surface area (Å²) in [6, 6.07) is 1.78. The van der Waals surface area contributed by atoms with Gasteiger partial charge in [-0.3, -0.25) is 19.7 Å². The SMILES string of the molecule is CCn1cc(Br)c(C(=O)Nn2c(C)nc3sc(C)cc3c2=O)n1. The van der Waals surface area contributed by atoms with Crippen molar-refractivity contribution in [1.29, 1.82) is 0 Å². The molecule has 0 saturated carbocycles. The molecule has 0 saturated heterocycles. The summed E-state index contributed by atoms with van der Waals surface area (Å²) in [6.45, 7) is 6.16. The van der Waals surface area contributed by atoms with Crippen molar-refractivity contribution < 1.29 is 4.79 Å². The number of nitrogens with zero attached hydrogens (tertiary/aromatic N) is 4. The summed E-state index contributed by atoms with van der Waals surface area (Å²) in [6.07, 6.45) is 1.72. The Morgan fingerprint density at radius 2 is 2.17 bits per heavy atom. The number of hydrogen-bond donors (Lipinski definition) is 1. The molecular formula is C14H14BrN5O2S. The summed E-state index contributed by atoms with van der Waals surface area (Å²) in [5.41, 5.74) is 2.50. The van der Waals surface area contributed by atoms with Crippen LogP contribution in [-0.4, -0.2) is 25.3 Å². The molecule has 0 atom stereocenters. The Labute approximate surface area is 144 Å². The Morgan fingerprint density at radius 3 is 2.83 bits per heavy atom. The Hall–Kier alpha value is -2.00. The van der Waals surface area contributed by atoms with Crippen molar-refractivity contribution >= 4 is 43.4 Å². The normalized spacial score (nSPS) is 11.1. The van der Waals surface area contributed by atoms with E-state index in [4.69, 9.17) is 0 Å². The van der Waals surface area contributed by atoms with E-state index in [1.165, 1.54) is 11.3 Å². The van der Waals surface area contributed by atoms with Gasteiger partial charge in [0, 0.05) is 17.6 Å². The van der Waals surface area contributed by atoms with Crippen LogP contribution in [0.3, 0.4) is 0 Å². The predicted octanol–water partition coefficient (Wildman–Crippen LogP) is 2.44. The minimum atomic E-state index is -0.470. The summed E-state index contributed by atoms with van der Waals surface area (Å²) in [7, 11) is 0. The molecule has 1 amide bonds. The zero-order chi connectivity index (χ0) is 16.7. The van der Waals surface area contributed by atoms with Gasteiger partial charge in [-0.2, -0.15) is 5.10 Å². The minimum Gasteiger partial charge on any atom is -0.271 e. The van der Waals surface area contributed by atoms with Crippen LogP contribution in [0.15, 0.2) is 21.5 Å². The van der Waals surface area contributed by atoms with E-state index >= 15 is 0 Å². The molecule has 7 nitrogen and oxygen atoms in total. The number of halogens is 1. The van der Waals surface area contributed by atoms with Crippen LogP contribution in [-0.2, 0) is 6.54 Å². The van der Waals surface area contributed by atoms with E-state index < -0.39 is 5.91 Å². The minimum absolute atomic E-state index is 0.222. The zero-order valence-electron chi connectivity index (χ0n) is 12.8. The van der Waals surface area contributed by atoms with E-state index in [2.05, 4.69) is 31.4 Å². The third-order valence-electron chi connectivity index (χ3n) is 3.33. The topological polar surface area (TPSA) is 81.8 Å². The van der Waals surface area contributed by atoms with Gasteiger partial charge in [0.1, 0.15) is 10.7 Å². The number of aromatic nitrogens is 4. The van der Waals surface area contributed by atoms with Crippen molar-refractivity contribution in [2.75, 3.05) is 5.43 Å². The number of amides is 1. The second-order valence-corrected chi connectivity index (χ2v) is 7.09. The zero-order valence-corrected chi connectivity index (χ0v) is 15.2. The van der Waals surface area contributed by atoms with Gasteiger partial charge in [-0.25, -0.2) is 9.66 Å². The fraction of sp³-hybridized carbons (Fsp3) is 0.286. The molecule has 120 valence electrons. The smallest absolute Gasteiger partial charge is 0.271 e. The van der Waals surface area contributed by atoms with E-state index in [1.807, 2.05) is 13.8 Å². The standard InChI is InChI=1S/C14H14BrN5O2S/c1-4-19-6-10(15)11(17-19)12(21)18-20-8(3)16-13-9(14(20)22)5-7(2)23-13/h5-6H,4H2,1-3H3,(H,18,21). The predicted molar refractivity (Wildman–Crippen MR) is 92.6 cm³/mol. The summed E-state index contributed by atoms with van der Waals surface area (Å²) in [5.74, 6) is -0.0499. The fourth-order valence-corrected chi connectivity index (χ4v) is 3.61. The van der Waals surface area contributed by atoms with Crippen LogP contribution in [0, 0.1) is 13.8 Å². The van der Waals surface area contributed by atoms with Gasteiger partial charge in [-0.1, -0.05) is 0 Å². The number of nitrogens with one attached hydrogen (secondary N) is 1. The second kappa shape index (κ2) is 5.89. The van der Waals surface area contributed by atoms with Gasteiger partial charge in [0.15, 0.2) is 5.69 Å². The van der Waals surface area contributed by atoms with Crippen LogP contribution in [0.25, 0.3) is 10.2 Å². The van der Waals surface area contributed by atoms with Gasteiger partial charge in [-0.15, -0.1) is 11.3 Å². The number of carbonyl (C=O) groups excluding carboxylic acids is 1. The lowest BCUT2D eigenvalue weighted by atomic mass is 10.3. The maximum Gasteiger partial charge on any atom is 0.291 e. The van der Waals surface area contributed by atoms with Crippen molar-refractivity contribution in [3.8, 4) is 0 Å². The highest BCUT2D eigenvalue weighted by atomic mass is 79.9. The molecule has 0 fully saturated rings. The van der Waals surface area contributed by atoms with Gasteiger partial charge < -0.3 is 0 Å². The van der Waals surface area contributed by atoms with E-state index in [0.29, 0.717) is 27.1 Å². The van der Waals surface area contributed by atoms with Gasteiger partial charge in [0.2, 0.25) is 0 Å². The molecule has 3 rings (SSSR count). The number of aryl methyl sites for hydroxylation is 3. The van der Waals surface area contributed by atoms with Crippen molar-refractivity contribution in [3.05, 3.63) is 43.5 Å². The van der Waals surface area contributed by atoms with Gasteiger partial charge in [-0.05, 0) is 42.8 Å². The lowest BCUT2D eigenvalue weighted by molar-refractivity contribution is 0.1000. The molecule has 0 spiro atoms. The molecule has 1 N–H and O–H groups in total. The van der Waals surface area contributed by atoms with Gasteiger partial charge >= 0.3 is 0 Å². The largest absolute Gasteiger partial charge is 0.291 e. The third-order valence-corrected chi connectivity index (χ3v) is 4.85. The maximum absolute atomic E-state index is 12.6. The molecule has 0 aromatic carbocycles. The average Bonchev–Trinajstić information content (AvgIpc) is 3.05. The number of carbonyl (C=O) groups is 1. The molecule has 3 aromatic rings. The first-order chi connectivity index (χ1) is 10.9. The van der Waals surface area contributed by atoms with Crippen LogP contribution in [0.5, 0.6) is 0 Å². The first-order valence-electron chi connectivity index (χ1n) is 6.94. The van der Waals surface area contributed by atoms with Crippen LogP contribution in [0.4, 0.5) is 0 Å². The molecular weight excluding hydrogens is 382 g/mol. The first-order valence-corrected chi connectivity index (χ1v) is 8.55. The highest BCUT2D eigenvalue weighted by Gasteiger charge is 2.18. The molecule has 0 radical (unpaired) electrons. The number of fused-ring (bicyclic) bond motifs is 1. The van der Waals surface area contributed by atoms with E-state index in [9.17, 15) is 9.59 Å². The number of rotatable bonds is 3. The molecule has 0 unspecified atom stereocenters. The lowest BCUT2D eigenvalue weighted by Crippen LogP contribution is -2.35. The monoisotopic (exact) mass is 395 g/mol. The summed E-state index contributed by atoms with van der Waals surface area (Å²) >= 11 is 4.76. The van der Waals surface area contributed by atoms with Crippen molar-refractivity contribution in [1.82, 2.24) is 19.4 Å². The number of thiophene rings is 1. The lowest BCUT2D eigenvalue weighted by Gasteiger charge is -2.09. The van der Waals surface area contributed by atoms with Gasteiger partial charge in [0.05, 0.1) is 9.86 Å². The number of hydrogen-bond acceptors (Lipinski definition) is 5. The van der Waals surface area contributed by atoms with Crippen LogP contribution >= 0.6 is 27.3 Å². The van der Waals surface area contributed by atoms with Crippen LogP contribution < -0.4 is 11.0 Å². The molecule has 0 aliphatic rings. The quantitative estimate of drug-likeness (QED) is 0.738. The molecule has 0 aliphatic carbocycles.